The Kier molecular flexibility index (Phi) is 6.47. The summed E-state index contributed by atoms with van der Waals surface area (Å²) in [6.07, 6.45) is 1.96. The number of hydrogen-bond donors (Lipinski definition) is 0. The van der Waals surface area contributed by atoms with Crippen molar-refractivity contribution >= 4 is 22.8 Å². The van der Waals surface area contributed by atoms with Gasteiger partial charge in [0.05, 0.1) is 22.8 Å². The van der Waals surface area contributed by atoms with E-state index in [1.807, 2.05) is 27.7 Å². The van der Waals surface area contributed by atoms with Crippen molar-refractivity contribution in [1.29, 1.82) is 0 Å². The minimum absolute atomic E-state index is 0.825. The lowest BCUT2D eigenvalue weighted by molar-refractivity contribution is 0.838. The maximum absolute atomic E-state index is 4.52. The van der Waals surface area contributed by atoms with Crippen LogP contribution in [0.5, 0.6) is 0 Å². The van der Waals surface area contributed by atoms with Crippen LogP contribution < -0.4 is 0 Å². The second-order valence-corrected chi connectivity index (χ2v) is 4.58. The van der Waals surface area contributed by atoms with Gasteiger partial charge in [-0.15, -0.1) is 0 Å². The molecule has 0 aromatic carbocycles. The van der Waals surface area contributed by atoms with E-state index in [1.165, 1.54) is 0 Å². The van der Waals surface area contributed by atoms with Gasteiger partial charge < -0.3 is 0 Å². The largest absolute Gasteiger partial charge is 0.288 e. The molecule has 0 spiro atoms. The van der Waals surface area contributed by atoms with E-state index in [1.54, 1.807) is 0 Å². The number of rotatable bonds is 0. The maximum atomic E-state index is 4.52. The summed E-state index contributed by atoms with van der Waals surface area (Å²) < 4.78 is 0. The first kappa shape index (κ1) is 14.7. The molecule has 0 aliphatic carbocycles. The minimum atomic E-state index is 0.825. The normalized spacial score (nSPS) is 20.2. The highest BCUT2D eigenvalue weighted by Gasteiger charge is 1.99. The lowest BCUT2D eigenvalue weighted by Crippen LogP contribution is -2.11. The topological polar surface area (TPSA) is 49.4 Å². The maximum Gasteiger partial charge on any atom is 0.0524 e. The first-order valence-electron chi connectivity index (χ1n) is 6.66. The van der Waals surface area contributed by atoms with Crippen LogP contribution in [0, 0.1) is 0 Å². The quantitative estimate of drug-likeness (QED) is 0.633. The Hall–Kier alpha value is -1.32. The van der Waals surface area contributed by atoms with Crippen LogP contribution in [-0.2, 0) is 0 Å². The van der Waals surface area contributed by atoms with E-state index < -0.39 is 0 Å². The molecule has 0 bridgehead atoms. The van der Waals surface area contributed by atoms with Crippen molar-refractivity contribution in [3.8, 4) is 0 Å². The van der Waals surface area contributed by atoms with Crippen molar-refractivity contribution < 1.29 is 0 Å². The Labute approximate surface area is 110 Å². The molecule has 0 aromatic heterocycles. The summed E-state index contributed by atoms with van der Waals surface area (Å²) in [5.41, 5.74) is 4.19. The zero-order valence-corrected chi connectivity index (χ0v) is 12.0. The van der Waals surface area contributed by atoms with Crippen molar-refractivity contribution in [2.24, 2.45) is 20.0 Å². The van der Waals surface area contributed by atoms with Crippen LogP contribution in [0.15, 0.2) is 20.0 Å². The molecule has 4 nitrogen and oxygen atoms in total. The summed E-state index contributed by atoms with van der Waals surface area (Å²) in [6, 6.07) is 0. The zero-order chi connectivity index (χ0) is 13.4. The van der Waals surface area contributed by atoms with Gasteiger partial charge in [-0.25, -0.2) is 0 Å². The third kappa shape index (κ3) is 5.34. The number of aliphatic imine (C=N–C) groups is 4. The van der Waals surface area contributed by atoms with Crippen molar-refractivity contribution in [2.75, 3.05) is 26.2 Å². The predicted molar refractivity (Wildman–Crippen MR) is 81.1 cm³/mol. The third-order valence-corrected chi connectivity index (χ3v) is 3.08. The fraction of sp³-hybridized carbons (Fsp3) is 0.714. The van der Waals surface area contributed by atoms with E-state index in [0.29, 0.717) is 0 Å². The first-order valence-corrected chi connectivity index (χ1v) is 6.66. The molecular weight excluding hydrogens is 224 g/mol. The van der Waals surface area contributed by atoms with E-state index >= 15 is 0 Å². The average molecular weight is 248 g/mol. The van der Waals surface area contributed by atoms with Gasteiger partial charge in [-0.1, -0.05) is 0 Å². The lowest BCUT2D eigenvalue weighted by atomic mass is 10.2. The molecule has 0 saturated carbocycles. The van der Waals surface area contributed by atoms with Gasteiger partial charge in [0.25, 0.3) is 0 Å². The monoisotopic (exact) mass is 248 g/mol. The minimum Gasteiger partial charge on any atom is -0.288 e. The van der Waals surface area contributed by atoms with Crippen molar-refractivity contribution in [1.82, 2.24) is 0 Å². The van der Waals surface area contributed by atoms with Crippen LogP contribution >= 0.6 is 0 Å². The van der Waals surface area contributed by atoms with E-state index in [4.69, 9.17) is 0 Å². The molecule has 0 aromatic rings. The van der Waals surface area contributed by atoms with E-state index in [0.717, 1.165) is 61.9 Å². The van der Waals surface area contributed by atoms with Crippen LogP contribution in [0.1, 0.15) is 40.5 Å². The number of nitrogens with zero attached hydrogens (tertiary/aromatic N) is 4. The molecule has 4 heteroatoms. The van der Waals surface area contributed by atoms with Gasteiger partial charge in [0.1, 0.15) is 0 Å². The van der Waals surface area contributed by atoms with E-state index in [9.17, 15) is 0 Å². The molecule has 0 fully saturated rings. The highest BCUT2D eigenvalue weighted by molar-refractivity contribution is 6.41. The third-order valence-electron chi connectivity index (χ3n) is 3.08. The molecule has 1 rings (SSSR count). The summed E-state index contributed by atoms with van der Waals surface area (Å²) in [5.74, 6) is 0. The summed E-state index contributed by atoms with van der Waals surface area (Å²) in [7, 11) is 0. The van der Waals surface area contributed by atoms with Gasteiger partial charge >= 0.3 is 0 Å². The lowest BCUT2D eigenvalue weighted by Gasteiger charge is -2.04. The Bertz CT molecular complexity index is 315. The predicted octanol–water partition coefficient (Wildman–Crippen LogP) is 2.62. The molecule has 0 amide bonds. The van der Waals surface area contributed by atoms with Crippen LogP contribution in [0.2, 0.25) is 0 Å². The van der Waals surface area contributed by atoms with E-state index in [2.05, 4.69) is 20.0 Å². The Balaban J connectivity index is 2.72. The second-order valence-electron chi connectivity index (χ2n) is 4.58. The average Bonchev–Trinajstić information content (AvgIpc) is 2.35. The molecule has 0 saturated heterocycles. The van der Waals surface area contributed by atoms with Crippen LogP contribution in [0.4, 0.5) is 0 Å². The smallest absolute Gasteiger partial charge is 0.0524 e. The summed E-state index contributed by atoms with van der Waals surface area (Å²) >= 11 is 0. The molecule has 0 N–H and O–H groups in total. The molecule has 0 atom stereocenters. The van der Waals surface area contributed by atoms with Crippen molar-refractivity contribution in [2.45, 2.75) is 40.5 Å². The van der Waals surface area contributed by atoms with Crippen LogP contribution in [-0.4, -0.2) is 49.0 Å². The molecular formula is C14H24N4. The Morgan fingerprint density at radius 1 is 0.500 bits per heavy atom. The molecule has 0 radical (unpaired) electrons. The van der Waals surface area contributed by atoms with Gasteiger partial charge in [0, 0.05) is 26.2 Å². The molecule has 1 aliphatic rings. The van der Waals surface area contributed by atoms with Gasteiger partial charge in [0.15, 0.2) is 0 Å². The van der Waals surface area contributed by atoms with Crippen LogP contribution in [0.25, 0.3) is 0 Å². The first-order chi connectivity index (χ1) is 8.61. The summed E-state index contributed by atoms with van der Waals surface area (Å²) in [5, 5.41) is 0. The molecule has 100 valence electrons. The van der Waals surface area contributed by atoms with Gasteiger partial charge in [-0.2, -0.15) is 0 Å². The Morgan fingerprint density at radius 3 is 0.944 bits per heavy atom. The molecule has 0 unspecified atom stereocenters. The second kappa shape index (κ2) is 7.90. The fourth-order valence-electron chi connectivity index (χ4n) is 1.59. The highest BCUT2D eigenvalue weighted by Crippen LogP contribution is 1.95. The summed E-state index contributed by atoms with van der Waals surface area (Å²) in [6.45, 7) is 11.4. The van der Waals surface area contributed by atoms with Gasteiger partial charge in [-0.3, -0.25) is 20.0 Å². The van der Waals surface area contributed by atoms with Crippen molar-refractivity contribution in [3.63, 3.8) is 0 Å². The molecule has 18 heavy (non-hydrogen) atoms. The standard InChI is InChI=1S/C14H24N4/c1-11-12(2)16-8-6-10-18-14(4)13(3)17-9-5-7-15-11/h5-10H2,1-4H3. The SMILES string of the molecule is CC1=NCCCN=C(C)C(C)=NCCCN=C1C. The van der Waals surface area contributed by atoms with Crippen LogP contribution in [0.3, 0.4) is 0 Å². The van der Waals surface area contributed by atoms with Gasteiger partial charge in [0.2, 0.25) is 0 Å². The zero-order valence-electron chi connectivity index (χ0n) is 12.0. The van der Waals surface area contributed by atoms with Gasteiger partial charge in [-0.05, 0) is 40.5 Å². The molecule has 1 aliphatic heterocycles. The van der Waals surface area contributed by atoms with Crippen molar-refractivity contribution in [3.05, 3.63) is 0 Å². The number of hydrogen-bond acceptors (Lipinski definition) is 4. The summed E-state index contributed by atoms with van der Waals surface area (Å²) in [4.78, 5) is 18.1. The van der Waals surface area contributed by atoms with E-state index in [-0.39, 0.29) is 0 Å². The Morgan fingerprint density at radius 2 is 0.722 bits per heavy atom. The molecule has 1 heterocycles. The fourth-order valence-corrected chi connectivity index (χ4v) is 1.59. The highest BCUT2D eigenvalue weighted by atomic mass is 14.8.